The van der Waals surface area contributed by atoms with Crippen molar-refractivity contribution in [2.75, 3.05) is 6.61 Å². The van der Waals surface area contributed by atoms with Crippen LogP contribution < -0.4 is 0 Å². The molecular weight excluding hydrogens is 660 g/mol. The lowest BCUT2D eigenvalue weighted by Gasteiger charge is -2.49. The Balaban J connectivity index is 1.21. The molecule has 2 N–H and O–H groups in total. The van der Waals surface area contributed by atoms with E-state index in [1.165, 1.54) is 0 Å². The zero-order valence-electron chi connectivity index (χ0n) is 31.3. The molecule has 6 rings (SSSR count). The van der Waals surface area contributed by atoms with Crippen molar-refractivity contribution in [3.05, 3.63) is 83.0 Å². The molecule has 4 fully saturated rings. The SMILES string of the molecule is CCC1O[C@]2(CC[C@@H]1C)CC(O)CC(C/C=C(\C)C(C/C=C/C=C1\CO[C@@H]3C(O)C(C)=CC[C@]13OC=O)OC(=O)C1(c3ccccc3)CCCC1)O2. The summed E-state index contributed by atoms with van der Waals surface area (Å²) in [6.07, 6.45) is 15.6. The summed E-state index contributed by atoms with van der Waals surface area (Å²) in [5.74, 6) is -0.512. The van der Waals surface area contributed by atoms with E-state index in [4.69, 9.17) is 23.7 Å². The molecule has 5 aliphatic rings. The number of hydrogen-bond acceptors (Lipinski definition) is 9. The molecule has 52 heavy (non-hydrogen) atoms. The van der Waals surface area contributed by atoms with E-state index in [1.807, 2.05) is 68.5 Å². The maximum atomic E-state index is 14.2. The van der Waals surface area contributed by atoms with Gasteiger partial charge in [-0.15, -0.1) is 0 Å². The Bertz CT molecular complexity index is 1520. The van der Waals surface area contributed by atoms with Crippen LogP contribution in [0.5, 0.6) is 0 Å². The van der Waals surface area contributed by atoms with Crippen molar-refractivity contribution in [2.24, 2.45) is 5.92 Å². The number of allylic oxidation sites excluding steroid dienone is 2. The number of esters is 1. The van der Waals surface area contributed by atoms with E-state index in [9.17, 15) is 19.8 Å². The first-order chi connectivity index (χ1) is 25.0. The van der Waals surface area contributed by atoms with Gasteiger partial charge in [-0.3, -0.25) is 9.59 Å². The summed E-state index contributed by atoms with van der Waals surface area (Å²) < 4.78 is 31.2. The minimum absolute atomic E-state index is 0.111. The Morgan fingerprint density at radius 3 is 2.62 bits per heavy atom. The van der Waals surface area contributed by atoms with Crippen molar-refractivity contribution in [3.8, 4) is 0 Å². The summed E-state index contributed by atoms with van der Waals surface area (Å²) >= 11 is 0. The predicted molar refractivity (Wildman–Crippen MR) is 197 cm³/mol. The highest BCUT2D eigenvalue weighted by atomic mass is 16.7. The maximum absolute atomic E-state index is 14.2. The molecule has 9 heteroatoms. The third-order valence-electron chi connectivity index (χ3n) is 12.4. The minimum Gasteiger partial charge on any atom is -0.457 e. The fourth-order valence-electron chi connectivity index (χ4n) is 9.20. The number of carbonyl (C=O) groups is 2. The van der Waals surface area contributed by atoms with Gasteiger partial charge in [0.15, 0.2) is 11.4 Å². The summed E-state index contributed by atoms with van der Waals surface area (Å²) in [5, 5.41) is 21.7. The molecule has 5 unspecified atom stereocenters. The first kappa shape index (κ1) is 38.6. The Morgan fingerprint density at radius 2 is 1.88 bits per heavy atom. The van der Waals surface area contributed by atoms with Crippen LogP contribution >= 0.6 is 0 Å². The van der Waals surface area contributed by atoms with Gasteiger partial charge in [-0.1, -0.05) is 87.4 Å². The fraction of sp³-hybridized carbons (Fsp3) is 0.628. The summed E-state index contributed by atoms with van der Waals surface area (Å²) in [5.41, 5.74) is 1.73. The van der Waals surface area contributed by atoms with E-state index >= 15 is 0 Å². The smallest absolute Gasteiger partial charge is 0.317 e. The first-order valence-electron chi connectivity index (χ1n) is 19.5. The zero-order valence-corrected chi connectivity index (χ0v) is 31.3. The molecule has 3 saturated heterocycles. The van der Waals surface area contributed by atoms with Crippen molar-refractivity contribution in [2.45, 2.75) is 158 Å². The number of benzene rings is 1. The third kappa shape index (κ3) is 7.90. The molecule has 9 atom stereocenters. The third-order valence-corrected chi connectivity index (χ3v) is 12.4. The van der Waals surface area contributed by atoms with Crippen molar-refractivity contribution in [3.63, 3.8) is 0 Å². The quantitative estimate of drug-likeness (QED) is 0.132. The van der Waals surface area contributed by atoms with Gasteiger partial charge in [0.25, 0.3) is 6.47 Å². The number of fused-ring (bicyclic) bond motifs is 1. The molecule has 1 aromatic carbocycles. The van der Waals surface area contributed by atoms with Gasteiger partial charge in [0, 0.05) is 37.7 Å². The minimum atomic E-state index is -1.06. The maximum Gasteiger partial charge on any atom is 0.317 e. The second-order valence-corrected chi connectivity index (χ2v) is 15.8. The number of ether oxygens (including phenoxy) is 5. The summed E-state index contributed by atoms with van der Waals surface area (Å²) in [6, 6.07) is 9.99. The average molecular weight is 719 g/mol. The molecule has 1 saturated carbocycles. The second-order valence-electron chi connectivity index (χ2n) is 15.8. The van der Waals surface area contributed by atoms with E-state index < -0.39 is 41.2 Å². The molecular formula is C43H58O9. The molecule has 0 aromatic heterocycles. The van der Waals surface area contributed by atoms with Crippen molar-refractivity contribution < 1.29 is 43.5 Å². The van der Waals surface area contributed by atoms with Crippen molar-refractivity contribution >= 4 is 12.4 Å². The number of hydrogen-bond donors (Lipinski definition) is 2. The van der Waals surface area contributed by atoms with E-state index in [-0.39, 0.29) is 24.8 Å². The van der Waals surface area contributed by atoms with Gasteiger partial charge in [0.05, 0.1) is 30.3 Å². The highest BCUT2D eigenvalue weighted by Crippen LogP contribution is 2.46. The van der Waals surface area contributed by atoms with Crippen LogP contribution in [-0.4, -0.2) is 77.3 Å². The van der Waals surface area contributed by atoms with Gasteiger partial charge >= 0.3 is 5.97 Å². The molecule has 0 bridgehead atoms. The number of rotatable bonds is 12. The lowest BCUT2D eigenvalue weighted by atomic mass is 9.78. The van der Waals surface area contributed by atoms with Crippen LogP contribution in [0.25, 0.3) is 0 Å². The Labute approximate surface area is 309 Å². The van der Waals surface area contributed by atoms with E-state index in [2.05, 4.69) is 19.9 Å². The molecule has 284 valence electrons. The number of carbonyl (C=O) groups excluding carboxylic acids is 2. The van der Waals surface area contributed by atoms with Crippen LogP contribution in [0.1, 0.15) is 110 Å². The zero-order chi connectivity index (χ0) is 36.9. The highest BCUT2D eigenvalue weighted by Gasteiger charge is 2.55. The molecule has 2 aliphatic carbocycles. The Morgan fingerprint density at radius 1 is 1.12 bits per heavy atom. The van der Waals surface area contributed by atoms with Gasteiger partial charge < -0.3 is 33.9 Å². The second kappa shape index (κ2) is 16.5. The number of aliphatic hydroxyl groups excluding tert-OH is 2. The Hall–Kier alpha value is -3.08. The van der Waals surface area contributed by atoms with Crippen molar-refractivity contribution in [1.29, 1.82) is 0 Å². The van der Waals surface area contributed by atoms with Crippen LogP contribution in [0.4, 0.5) is 0 Å². The largest absolute Gasteiger partial charge is 0.457 e. The number of aliphatic hydroxyl groups is 2. The summed E-state index contributed by atoms with van der Waals surface area (Å²) in [4.78, 5) is 25.8. The topological polar surface area (TPSA) is 121 Å². The van der Waals surface area contributed by atoms with Gasteiger partial charge in [-0.2, -0.15) is 0 Å². The first-order valence-corrected chi connectivity index (χ1v) is 19.5. The fourth-order valence-corrected chi connectivity index (χ4v) is 9.20. The van der Waals surface area contributed by atoms with Crippen LogP contribution in [0.15, 0.2) is 77.4 Å². The molecule has 1 spiro atoms. The standard InChI is InChI=1S/C43H58O9/c1-5-36-30(3)19-23-42(52-36)26-34(45)25-35(51-42)18-17-29(2)37(50-40(47)41(21-11-12-22-41)32-13-7-6-8-14-32)16-10-9-15-33-27-48-39-38(46)31(4)20-24-43(33,39)49-28-44/h6-10,13-15,17,20,28,30,34-39,45-46H,5,11-12,16,18-19,21-27H2,1-4H3/b10-9+,29-17+,33-15+/t30-,34?,35?,36?,37?,38?,39+,42+,43-/m0/s1. The van der Waals surface area contributed by atoms with Gasteiger partial charge in [-0.25, -0.2) is 0 Å². The summed E-state index contributed by atoms with van der Waals surface area (Å²) in [6.45, 7) is 8.85. The Kier molecular flexibility index (Phi) is 12.3. The van der Waals surface area contributed by atoms with Crippen LogP contribution in [0, 0.1) is 5.92 Å². The lowest BCUT2D eigenvalue weighted by Crippen LogP contribution is -2.53. The van der Waals surface area contributed by atoms with Crippen LogP contribution in [0.3, 0.4) is 0 Å². The molecule has 1 aromatic rings. The van der Waals surface area contributed by atoms with Gasteiger partial charge in [0.1, 0.15) is 18.3 Å². The predicted octanol–water partition coefficient (Wildman–Crippen LogP) is 7.10. The van der Waals surface area contributed by atoms with Crippen LogP contribution in [-0.2, 0) is 38.7 Å². The van der Waals surface area contributed by atoms with E-state index in [0.717, 1.165) is 67.2 Å². The molecule has 9 nitrogen and oxygen atoms in total. The summed E-state index contributed by atoms with van der Waals surface area (Å²) in [7, 11) is 0. The highest BCUT2D eigenvalue weighted by molar-refractivity contribution is 5.84. The van der Waals surface area contributed by atoms with Gasteiger partial charge in [0.2, 0.25) is 0 Å². The molecule has 0 radical (unpaired) electrons. The monoisotopic (exact) mass is 718 g/mol. The average Bonchev–Trinajstić information content (AvgIpc) is 3.78. The van der Waals surface area contributed by atoms with Gasteiger partial charge in [-0.05, 0) is 68.6 Å². The lowest BCUT2D eigenvalue weighted by molar-refractivity contribution is -0.334. The van der Waals surface area contributed by atoms with Crippen LogP contribution in [0.2, 0.25) is 0 Å². The van der Waals surface area contributed by atoms with E-state index in [1.54, 1.807) is 0 Å². The molecule has 3 aliphatic heterocycles. The van der Waals surface area contributed by atoms with Crippen molar-refractivity contribution in [1.82, 2.24) is 0 Å². The molecule has 0 amide bonds. The van der Waals surface area contributed by atoms with E-state index in [0.29, 0.717) is 44.5 Å². The molecule has 3 heterocycles. The normalized spacial score (nSPS) is 36.1.